The predicted octanol–water partition coefficient (Wildman–Crippen LogP) is 1.11. The second-order valence-corrected chi connectivity index (χ2v) is 3.72. The first-order chi connectivity index (χ1) is 5.25. The number of likely N-dealkylation sites (N-methyl/N-ethyl adjacent to an activating group) is 1. The molecule has 2 heteroatoms. The molecular weight excluding hydrogens is 136 g/mol. The molecule has 0 aliphatic heterocycles. The topological polar surface area (TPSA) is 38.0 Å². The lowest BCUT2D eigenvalue weighted by molar-refractivity contribution is 0.338. The van der Waals surface area contributed by atoms with Gasteiger partial charge in [0.1, 0.15) is 0 Å². The fourth-order valence-electron chi connectivity index (χ4n) is 2.24. The summed E-state index contributed by atoms with van der Waals surface area (Å²) < 4.78 is 0. The second kappa shape index (κ2) is 4.07. The third-order valence-electron chi connectivity index (χ3n) is 2.81. The van der Waals surface area contributed by atoms with E-state index < -0.39 is 0 Å². The van der Waals surface area contributed by atoms with E-state index in [1.54, 1.807) is 0 Å². The maximum Gasteiger partial charge on any atom is 0.0241 e. The molecule has 2 atom stereocenters. The second-order valence-electron chi connectivity index (χ2n) is 3.72. The van der Waals surface area contributed by atoms with Crippen LogP contribution < -0.4 is 11.1 Å². The van der Waals surface area contributed by atoms with Gasteiger partial charge in [-0.25, -0.2) is 0 Å². The van der Waals surface area contributed by atoms with Gasteiger partial charge in [-0.1, -0.05) is 12.8 Å². The Labute approximate surface area is 69.5 Å². The highest BCUT2D eigenvalue weighted by atomic mass is 14.9. The monoisotopic (exact) mass is 156 g/mol. The Morgan fingerprint density at radius 1 is 1.36 bits per heavy atom. The average molecular weight is 156 g/mol. The SMILES string of the molecule is CNC(C(C)N)C1CCCC1. The van der Waals surface area contributed by atoms with Gasteiger partial charge in [-0.05, 0) is 32.7 Å². The highest BCUT2D eigenvalue weighted by molar-refractivity contribution is 4.84. The molecule has 0 aromatic carbocycles. The van der Waals surface area contributed by atoms with Gasteiger partial charge in [-0.2, -0.15) is 0 Å². The van der Waals surface area contributed by atoms with E-state index in [0.29, 0.717) is 12.1 Å². The van der Waals surface area contributed by atoms with Crippen LogP contribution in [-0.2, 0) is 0 Å². The van der Waals surface area contributed by atoms with Crippen molar-refractivity contribution < 1.29 is 0 Å². The summed E-state index contributed by atoms with van der Waals surface area (Å²) in [5, 5.41) is 3.32. The summed E-state index contributed by atoms with van der Waals surface area (Å²) in [6.45, 7) is 2.10. The summed E-state index contributed by atoms with van der Waals surface area (Å²) in [6.07, 6.45) is 5.53. The van der Waals surface area contributed by atoms with Crippen molar-refractivity contribution in [3.05, 3.63) is 0 Å². The van der Waals surface area contributed by atoms with E-state index in [2.05, 4.69) is 12.2 Å². The van der Waals surface area contributed by atoms with E-state index in [4.69, 9.17) is 5.73 Å². The van der Waals surface area contributed by atoms with Crippen LogP contribution in [0, 0.1) is 5.92 Å². The molecule has 2 unspecified atom stereocenters. The van der Waals surface area contributed by atoms with Gasteiger partial charge in [0.25, 0.3) is 0 Å². The third kappa shape index (κ3) is 2.17. The molecule has 1 fully saturated rings. The minimum Gasteiger partial charge on any atom is -0.327 e. The quantitative estimate of drug-likeness (QED) is 0.642. The van der Waals surface area contributed by atoms with Crippen molar-refractivity contribution in [1.29, 1.82) is 0 Å². The Morgan fingerprint density at radius 2 is 1.91 bits per heavy atom. The van der Waals surface area contributed by atoms with Crippen molar-refractivity contribution in [1.82, 2.24) is 5.32 Å². The van der Waals surface area contributed by atoms with E-state index in [-0.39, 0.29) is 0 Å². The van der Waals surface area contributed by atoms with Crippen molar-refractivity contribution >= 4 is 0 Å². The van der Waals surface area contributed by atoms with Gasteiger partial charge in [0.05, 0.1) is 0 Å². The van der Waals surface area contributed by atoms with Crippen LogP contribution in [0.2, 0.25) is 0 Å². The highest BCUT2D eigenvalue weighted by Crippen LogP contribution is 2.28. The molecule has 0 radical (unpaired) electrons. The number of rotatable bonds is 3. The van der Waals surface area contributed by atoms with Crippen molar-refractivity contribution in [2.45, 2.75) is 44.7 Å². The summed E-state index contributed by atoms with van der Waals surface area (Å²) in [4.78, 5) is 0. The summed E-state index contributed by atoms with van der Waals surface area (Å²) in [5.41, 5.74) is 5.86. The van der Waals surface area contributed by atoms with Gasteiger partial charge in [-0.15, -0.1) is 0 Å². The molecule has 2 nitrogen and oxygen atoms in total. The molecule has 0 aromatic rings. The summed E-state index contributed by atoms with van der Waals surface area (Å²) in [5.74, 6) is 0.833. The first-order valence-electron chi connectivity index (χ1n) is 4.68. The van der Waals surface area contributed by atoms with E-state index in [0.717, 1.165) is 5.92 Å². The minimum atomic E-state index is 0.295. The fraction of sp³-hybridized carbons (Fsp3) is 1.00. The molecule has 11 heavy (non-hydrogen) atoms. The smallest absolute Gasteiger partial charge is 0.0241 e. The molecule has 1 saturated carbocycles. The van der Waals surface area contributed by atoms with Gasteiger partial charge in [0.2, 0.25) is 0 Å². The van der Waals surface area contributed by atoms with Crippen molar-refractivity contribution in [3.63, 3.8) is 0 Å². The van der Waals surface area contributed by atoms with Gasteiger partial charge >= 0.3 is 0 Å². The molecule has 0 aromatic heterocycles. The molecule has 66 valence electrons. The number of nitrogens with two attached hydrogens (primary N) is 1. The first kappa shape index (κ1) is 9.01. The minimum absolute atomic E-state index is 0.295. The van der Waals surface area contributed by atoms with Crippen molar-refractivity contribution in [3.8, 4) is 0 Å². The van der Waals surface area contributed by atoms with Crippen LogP contribution in [-0.4, -0.2) is 19.1 Å². The summed E-state index contributed by atoms with van der Waals surface area (Å²) >= 11 is 0. The third-order valence-corrected chi connectivity index (χ3v) is 2.81. The van der Waals surface area contributed by atoms with Crippen LogP contribution in [0.15, 0.2) is 0 Å². The number of hydrogen-bond donors (Lipinski definition) is 2. The zero-order valence-electron chi connectivity index (χ0n) is 7.64. The van der Waals surface area contributed by atoms with Crippen LogP contribution in [0.1, 0.15) is 32.6 Å². The summed E-state index contributed by atoms with van der Waals surface area (Å²) in [7, 11) is 2.02. The number of nitrogens with one attached hydrogen (secondary N) is 1. The maximum absolute atomic E-state index is 5.86. The van der Waals surface area contributed by atoms with Gasteiger partial charge < -0.3 is 11.1 Å². The van der Waals surface area contributed by atoms with Gasteiger partial charge in [0.15, 0.2) is 0 Å². The molecule has 0 saturated heterocycles. The van der Waals surface area contributed by atoms with Crippen LogP contribution in [0.5, 0.6) is 0 Å². The largest absolute Gasteiger partial charge is 0.327 e. The maximum atomic E-state index is 5.86. The van der Waals surface area contributed by atoms with Crippen LogP contribution in [0.3, 0.4) is 0 Å². The van der Waals surface area contributed by atoms with Gasteiger partial charge in [0, 0.05) is 12.1 Å². The van der Waals surface area contributed by atoms with E-state index >= 15 is 0 Å². The Morgan fingerprint density at radius 3 is 2.27 bits per heavy atom. The van der Waals surface area contributed by atoms with Crippen molar-refractivity contribution in [2.24, 2.45) is 11.7 Å². The van der Waals surface area contributed by atoms with Crippen molar-refractivity contribution in [2.75, 3.05) is 7.05 Å². The lowest BCUT2D eigenvalue weighted by Gasteiger charge is -2.26. The first-order valence-corrected chi connectivity index (χ1v) is 4.68. The standard InChI is InChI=1S/C9H20N2/c1-7(10)9(11-2)8-5-3-4-6-8/h7-9,11H,3-6,10H2,1-2H3. The average Bonchev–Trinajstić information content (AvgIpc) is 2.40. The van der Waals surface area contributed by atoms with Crippen LogP contribution >= 0.6 is 0 Å². The zero-order chi connectivity index (χ0) is 8.27. The lowest BCUT2D eigenvalue weighted by atomic mass is 9.93. The van der Waals surface area contributed by atoms with E-state index in [1.807, 2.05) is 7.05 Å². The molecule has 0 spiro atoms. The lowest BCUT2D eigenvalue weighted by Crippen LogP contribution is -2.45. The molecule has 1 aliphatic carbocycles. The Hall–Kier alpha value is -0.0800. The molecule has 1 rings (SSSR count). The fourth-order valence-corrected chi connectivity index (χ4v) is 2.24. The Bertz CT molecular complexity index is 106. The van der Waals surface area contributed by atoms with E-state index in [1.165, 1.54) is 25.7 Å². The predicted molar refractivity (Wildman–Crippen MR) is 48.5 cm³/mol. The Balaban J connectivity index is 2.40. The molecule has 0 bridgehead atoms. The molecular formula is C9H20N2. The van der Waals surface area contributed by atoms with Crippen LogP contribution in [0.4, 0.5) is 0 Å². The molecule has 0 heterocycles. The van der Waals surface area contributed by atoms with Gasteiger partial charge in [-0.3, -0.25) is 0 Å². The molecule has 3 N–H and O–H groups in total. The molecule has 0 amide bonds. The highest BCUT2D eigenvalue weighted by Gasteiger charge is 2.25. The normalized spacial score (nSPS) is 25.4. The Kier molecular flexibility index (Phi) is 3.34. The van der Waals surface area contributed by atoms with E-state index in [9.17, 15) is 0 Å². The molecule has 1 aliphatic rings. The number of hydrogen-bond acceptors (Lipinski definition) is 2. The zero-order valence-corrected chi connectivity index (χ0v) is 7.64. The summed E-state index contributed by atoms with van der Waals surface area (Å²) in [6, 6.07) is 0.834. The van der Waals surface area contributed by atoms with Crippen LogP contribution in [0.25, 0.3) is 0 Å².